The summed E-state index contributed by atoms with van der Waals surface area (Å²) in [7, 11) is 1.46. The van der Waals surface area contributed by atoms with Gasteiger partial charge in [-0.05, 0) is 17.9 Å². The highest BCUT2D eigenvalue weighted by Crippen LogP contribution is 2.32. The van der Waals surface area contributed by atoms with Gasteiger partial charge in [-0.2, -0.15) is 0 Å². The number of hydrogen-bond donors (Lipinski definition) is 2. The minimum Gasteiger partial charge on any atom is -0.495 e. The molecule has 0 spiro atoms. The number of carboxylic acids is 1. The molecule has 0 amide bonds. The Kier molecular flexibility index (Phi) is 4.77. The van der Waals surface area contributed by atoms with Crippen molar-refractivity contribution in [2.45, 2.75) is 17.4 Å². The van der Waals surface area contributed by atoms with Gasteiger partial charge in [-0.15, -0.1) is 11.8 Å². The van der Waals surface area contributed by atoms with Crippen LogP contribution >= 0.6 is 11.8 Å². The zero-order valence-corrected chi connectivity index (χ0v) is 10.4. The van der Waals surface area contributed by atoms with E-state index in [1.807, 2.05) is 0 Å². The molecule has 0 aliphatic carbocycles. The molecule has 1 aromatic carbocycles. The average Bonchev–Trinajstić information content (AvgIpc) is 2.31. The predicted molar refractivity (Wildman–Crippen MR) is 64.0 cm³/mol. The number of nitrogens with two attached hydrogens (primary N) is 1. The molecule has 1 unspecified atom stereocenters. The van der Waals surface area contributed by atoms with E-state index in [9.17, 15) is 9.18 Å². The van der Waals surface area contributed by atoms with Crippen LogP contribution in [0.1, 0.15) is 5.56 Å². The van der Waals surface area contributed by atoms with Crippen molar-refractivity contribution in [3.63, 3.8) is 0 Å². The Morgan fingerprint density at radius 3 is 2.76 bits per heavy atom. The van der Waals surface area contributed by atoms with Crippen LogP contribution in [0.2, 0.25) is 0 Å². The molecular formula is C11H14FNO3S. The van der Waals surface area contributed by atoms with Crippen molar-refractivity contribution < 1.29 is 19.0 Å². The monoisotopic (exact) mass is 259 g/mol. The van der Waals surface area contributed by atoms with Crippen LogP contribution in [0.4, 0.5) is 4.39 Å². The maximum absolute atomic E-state index is 14.0. The first-order valence-electron chi connectivity index (χ1n) is 4.89. The lowest BCUT2D eigenvalue weighted by Crippen LogP contribution is -2.32. The van der Waals surface area contributed by atoms with E-state index >= 15 is 0 Å². The van der Waals surface area contributed by atoms with Gasteiger partial charge in [-0.1, -0.05) is 6.07 Å². The van der Waals surface area contributed by atoms with Crippen molar-refractivity contribution in [2.24, 2.45) is 5.73 Å². The number of carboxylic acid groups (broad SMARTS) is 1. The zero-order valence-electron chi connectivity index (χ0n) is 9.57. The highest BCUT2D eigenvalue weighted by atomic mass is 32.2. The number of carbonyl (C=O) groups is 1. The Hall–Kier alpha value is -1.27. The molecule has 17 heavy (non-hydrogen) atoms. The zero-order chi connectivity index (χ0) is 13.0. The molecule has 1 aromatic rings. The topological polar surface area (TPSA) is 72.5 Å². The molecule has 0 aliphatic heterocycles. The predicted octanol–water partition coefficient (Wildman–Crippen LogP) is 1.51. The van der Waals surface area contributed by atoms with Crippen molar-refractivity contribution in [1.29, 1.82) is 0 Å². The second kappa shape index (κ2) is 5.88. The van der Waals surface area contributed by atoms with Crippen LogP contribution in [-0.4, -0.2) is 30.5 Å². The second-order valence-electron chi connectivity index (χ2n) is 3.42. The molecule has 0 saturated carbocycles. The summed E-state index contributed by atoms with van der Waals surface area (Å²) in [6, 6.07) is 2.00. The molecule has 1 atom stereocenters. The van der Waals surface area contributed by atoms with E-state index in [2.05, 4.69) is 0 Å². The summed E-state index contributed by atoms with van der Waals surface area (Å²) in [5.41, 5.74) is 5.66. The minimum absolute atomic E-state index is 0.0429. The Balaban J connectivity index is 3.06. The molecule has 0 fully saturated rings. The standard InChI is InChI=1S/C11H14FNO3S/c1-16-8-4-3-6(5-7(13)11(14)15)9(12)10(8)17-2/h3-4,7H,5,13H2,1-2H3,(H,14,15). The van der Waals surface area contributed by atoms with Crippen molar-refractivity contribution in [3.8, 4) is 5.75 Å². The SMILES string of the molecule is COc1ccc(CC(N)C(=O)O)c(F)c1SC. The van der Waals surface area contributed by atoms with Crippen LogP contribution in [0.15, 0.2) is 17.0 Å². The first kappa shape index (κ1) is 13.8. The van der Waals surface area contributed by atoms with Crippen LogP contribution in [-0.2, 0) is 11.2 Å². The lowest BCUT2D eigenvalue weighted by atomic mass is 10.1. The van der Waals surface area contributed by atoms with Gasteiger partial charge in [0.25, 0.3) is 0 Å². The summed E-state index contributed by atoms with van der Waals surface area (Å²) < 4.78 is 19.0. The Morgan fingerprint density at radius 2 is 2.29 bits per heavy atom. The third-order valence-electron chi connectivity index (χ3n) is 2.32. The number of hydrogen-bond acceptors (Lipinski definition) is 4. The first-order valence-corrected chi connectivity index (χ1v) is 6.11. The molecule has 0 aliphatic rings. The lowest BCUT2D eigenvalue weighted by Gasteiger charge is -2.12. The molecule has 4 nitrogen and oxygen atoms in total. The second-order valence-corrected chi connectivity index (χ2v) is 4.24. The van der Waals surface area contributed by atoms with Gasteiger partial charge in [-0.25, -0.2) is 4.39 Å². The Bertz CT molecular complexity index is 425. The number of ether oxygens (including phenoxy) is 1. The number of rotatable bonds is 5. The largest absolute Gasteiger partial charge is 0.495 e. The van der Waals surface area contributed by atoms with Gasteiger partial charge in [0.15, 0.2) is 0 Å². The summed E-state index contributed by atoms with van der Waals surface area (Å²) >= 11 is 1.21. The van der Waals surface area contributed by atoms with Crippen molar-refractivity contribution in [2.75, 3.05) is 13.4 Å². The van der Waals surface area contributed by atoms with Gasteiger partial charge in [0, 0.05) is 6.42 Å². The van der Waals surface area contributed by atoms with E-state index in [4.69, 9.17) is 15.6 Å². The fourth-order valence-electron chi connectivity index (χ4n) is 1.41. The third kappa shape index (κ3) is 3.10. The van der Waals surface area contributed by atoms with E-state index in [-0.39, 0.29) is 12.0 Å². The summed E-state index contributed by atoms with van der Waals surface area (Å²) in [5, 5.41) is 8.68. The molecule has 94 valence electrons. The van der Waals surface area contributed by atoms with Crippen LogP contribution in [0.5, 0.6) is 5.75 Å². The normalized spacial score (nSPS) is 12.2. The van der Waals surface area contributed by atoms with Crippen molar-refractivity contribution in [1.82, 2.24) is 0 Å². The summed E-state index contributed by atoms with van der Waals surface area (Å²) in [6.45, 7) is 0. The van der Waals surface area contributed by atoms with Gasteiger partial charge in [-0.3, -0.25) is 4.79 Å². The highest BCUT2D eigenvalue weighted by molar-refractivity contribution is 7.98. The Labute approximate surface area is 103 Å². The molecular weight excluding hydrogens is 245 g/mol. The first-order chi connectivity index (χ1) is 8.01. The maximum atomic E-state index is 14.0. The van der Waals surface area contributed by atoms with E-state index in [0.717, 1.165) is 0 Å². The number of halogens is 1. The summed E-state index contributed by atoms with van der Waals surface area (Å²) in [5.74, 6) is -1.18. The quantitative estimate of drug-likeness (QED) is 0.784. The fourth-order valence-corrected chi connectivity index (χ4v) is 2.07. The molecule has 0 aromatic heterocycles. The summed E-state index contributed by atoms with van der Waals surface area (Å²) in [4.78, 5) is 11.0. The van der Waals surface area contributed by atoms with Crippen molar-refractivity contribution >= 4 is 17.7 Å². The number of aliphatic carboxylic acids is 1. The maximum Gasteiger partial charge on any atom is 0.320 e. The lowest BCUT2D eigenvalue weighted by molar-refractivity contribution is -0.138. The smallest absolute Gasteiger partial charge is 0.320 e. The molecule has 6 heteroatoms. The van der Waals surface area contributed by atoms with Gasteiger partial charge >= 0.3 is 5.97 Å². The van der Waals surface area contributed by atoms with Crippen LogP contribution in [0.25, 0.3) is 0 Å². The van der Waals surface area contributed by atoms with Crippen LogP contribution < -0.4 is 10.5 Å². The number of thioether (sulfide) groups is 1. The van der Waals surface area contributed by atoms with Gasteiger partial charge < -0.3 is 15.6 Å². The fraction of sp³-hybridized carbons (Fsp3) is 0.364. The molecule has 0 bridgehead atoms. The van der Waals surface area contributed by atoms with E-state index in [1.165, 1.54) is 24.9 Å². The van der Waals surface area contributed by atoms with Crippen LogP contribution in [0, 0.1) is 5.82 Å². The molecule has 0 saturated heterocycles. The summed E-state index contributed by atoms with van der Waals surface area (Å²) in [6.07, 6.45) is 1.68. The Morgan fingerprint density at radius 1 is 1.65 bits per heavy atom. The van der Waals surface area contributed by atoms with Crippen molar-refractivity contribution in [3.05, 3.63) is 23.5 Å². The van der Waals surface area contributed by atoms with Gasteiger partial charge in [0.1, 0.15) is 17.6 Å². The minimum atomic E-state index is -1.15. The van der Waals surface area contributed by atoms with Gasteiger partial charge in [0.2, 0.25) is 0 Å². The molecule has 0 heterocycles. The average molecular weight is 259 g/mol. The van der Waals surface area contributed by atoms with E-state index in [0.29, 0.717) is 10.6 Å². The number of benzene rings is 1. The highest BCUT2D eigenvalue weighted by Gasteiger charge is 2.18. The molecule has 3 N–H and O–H groups in total. The third-order valence-corrected chi connectivity index (χ3v) is 3.11. The van der Waals surface area contributed by atoms with Crippen LogP contribution in [0.3, 0.4) is 0 Å². The van der Waals surface area contributed by atoms with E-state index < -0.39 is 17.8 Å². The molecule has 0 radical (unpaired) electrons. The van der Waals surface area contributed by atoms with Gasteiger partial charge in [0.05, 0.1) is 12.0 Å². The van der Waals surface area contributed by atoms with E-state index in [1.54, 1.807) is 12.3 Å². The molecule has 1 rings (SSSR count). The number of methoxy groups -OCH3 is 1.